The largest absolute Gasteiger partial charge is 0.497 e. The summed E-state index contributed by atoms with van der Waals surface area (Å²) >= 11 is 1.90. The molecule has 0 bridgehead atoms. The molecule has 0 saturated heterocycles. The van der Waals surface area contributed by atoms with Gasteiger partial charge in [0.15, 0.2) is 0 Å². The molecule has 0 N–H and O–H groups in total. The molecule has 0 aliphatic rings. The normalized spacial score (nSPS) is 10.7. The van der Waals surface area contributed by atoms with E-state index in [1.165, 1.54) is 11.7 Å². The van der Waals surface area contributed by atoms with Crippen molar-refractivity contribution in [2.24, 2.45) is 0 Å². The number of methoxy groups -OCH3 is 1. The van der Waals surface area contributed by atoms with Gasteiger partial charge in [-0.05, 0) is 41.6 Å². The van der Waals surface area contributed by atoms with E-state index >= 15 is 0 Å². The molecule has 106 valence electrons. The first-order valence-corrected chi connectivity index (χ1v) is 7.00. The summed E-state index contributed by atoms with van der Waals surface area (Å²) in [6.45, 7) is 2.08. The first-order chi connectivity index (χ1) is 9.49. The summed E-state index contributed by atoms with van der Waals surface area (Å²) in [6.07, 6.45) is 0. The van der Waals surface area contributed by atoms with Crippen molar-refractivity contribution in [1.82, 2.24) is 4.57 Å². The van der Waals surface area contributed by atoms with E-state index in [2.05, 4.69) is 0 Å². The quantitative estimate of drug-likeness (QED) is 0.751. The topological polar surface area (TPSA) is 31.2 Å². The molecule has 0 aliphatic heterocycles. The number of hydrogen-bond donors (Lipinski definition) is 0. The minimum absolute atomic E-state index is 0.0969. The van der Waals surface area contributed by atoms with E-state index in [1.807, 2.05) is 22.6 Å². The highest BCUT2D eigenvalue weighted by atomic mass is 127. The molecule has 0 radical (unpaired) electrons. The van der Waals surface area contributed by atoms with Gasteiger partial charge >= 0.3 is 0 Å². The van der Waals surface area contributed by atoms with Crippen LogP contribution in [0.3, 0.4) is 0 Å². The third-order valence-electron chi connectivity index (χ3n) is 2.95. The minimum Gasteiger partial charge on any atom is -0.497 e. The summed E-state index contributed by atoms with van der Waals surface area (Å²) < 4.78 is 34.9. The lowest BCUT2D eigenvalue weighted by molar-refractivity contribution is 0.407. The number of rotatable bonds is 3. The number of hydrogen-bond acceptors (Lipinski definition) is 2. The molecule has 6 heteroatoms. The number of pyridine rings is 1. The van der Waals surface area contributed by atoms with E-state index in [0.29, 0.717) is 10.1 Å². The molecule has 0 aliphatic carbocycles. The molecular weight excluding hydrogens is 379 g/mol. The summed E-state index contributed by atoms with van der Waals surface area (Å²) in [5.41, 5.74) is -0.267. The van der Waals surface area contributed by atoms with Crippen LogP contribution < -0.4 is 10.3 Å². The monoisotopic (exact) mass is 391 g/mol. The lowest BCUT2D eigenvalue weighted by atomic mass is 10.1. The van der Waals surface area contributed by atoms with Crippen molar-refractivity contribution in [3.8, 4) is 17.0 Å². The fourth-order valence-corrected chi connectivity index (χ4v) is 2.47. The summed E-state index contributed by atoms with van der Waals surface area (Å²) in [4.78, 5) is 12.0. The molecule has 2 aromatic rings. The Bertz CT molecular complexity index is 690. The van der Waals surface area contributed by atoms with Crippen molar-refractivity contribution in [1.29, 1.82) is 0 Å². The van der Waals surface area contributed by atoms with Gasteiger partial charge in [0.25, 0.3) is 5.56 Å². The van der Waals surface area contributed by atoms with Crippen molar-refractivity contribution in [3.05, 3.63) is 49.8 Å². The van der Waals surface area contributed by atoms with E-state index in [4.69, 9.17) is 4.74 Å². The van der Waals surface area contributed by atoms with Gasteiger partial charge in [0.1, 0.15) is 17.4 Å². The average molecular weight is 391 g/mol. The average Bonchev–Trinajstić information content (AvgIpc) is 2.42. The first kappa shape index (κ1) is 15.0. The molecule has 0 amide bonds. The maximum atomic E-state index is 14.1. The molecule has 3 nitrogen and oxygen atoms in total. The van der Waals surface area contributed by atoms with Crippen molar-refractivity contribution in [3.63, 3.8) is 0 Å². The highest BCUT2D eigenvalue weighted by Crippen LogP contribution is 2.29. The van der Waals surface area contributed by atoms with Crippen LogP contribution in [0.25, 0.3) is 11.3 Å². The molecule has 2 rings (SSSR count). The molecule has 0 unspecified atom stereocenters. The van der Waals surface area contributed by atoms with E-state index in [-0.39, 0.29) is 22.6 Å². The van der Waals surface area contributed by atoms with E-state index < -0.39 is 11.6 Å². The second-order valence-electron chi connectivity index (χ2n) is 4.08. The van der Waals surface area contributed by atoms with Crippen molar-refractivity contribution in [2.75, 3.05) is 7.11 Å². The minimum atomic E-state index is -0.760. The van der Waals surface area contributed by atoms with Crippen molar-refractivity contribution < 1.29 is 13.5 Å². The van der Waals surface area contributed by atoms with Gasteiger partial charge in [0, 0.05) is 18.7 Å². The van der Waals surface area contributed by atoms with Crippen LogP contribution in [-0.2, 0) is 6.54 Å². The molecule has 0 saturated carbocycles. The van der Waals surface area contributed by atoms with Crippen LogP contribution >= 0.6 is 22.6 Å². The van der Waals surface area contributed by atoms with Crippen LogP contribution in [-0.4, -0.2) is 11.7 Å². The second-order valence-corrected chi connectivity index (χ2v) is 5.24. The summed E-state index contributed by atoms with van der Waals surface area (Å²) in [7, 11) is 1.33. The zero-order valence-electron chi connectivity index (χ0n) is 10.9. The highest BCUT2D eigenvalue weighted by Gasteiger charge is 2.17. The van der Waals surface area contributed by atoms with Gasteiger partial charge in [-0.2, -0.15) is 0 Å². The van der Waals surface area contributed by atoms with Crippen LogP contribution in [0, 0.1) is 15.2 Å². The third-order valence-corrected chi connectivity index (χ3v) is 3.77. The first-order valence-electron chi connectivity index (χ1n) is 5.92. The van der Waals surface area contributed by atoms with Crippen molar-refractivity contribution >= 4 is 22.6 Å². The zero-order chi connectivity index (χ0) is 14.9. The van der Waals surface area contributed by atoms with Crippen LogP contribution in [0.4, 0.5) is 8.78 Å². The zero-order valence-corrected chi connectivity index (χ0v) is 13.1. The van der Waals surface area contributed by atoms with Gasteiger partial charge in [-0.15, -0.1) is 0 Å². The van der Waals surface area contributed by atoms with Crippen LogP contribution in [0.1, 0.15) is 6.92 Å². The van der Waals surface area contributed by atoms with Gasteiger partial charge in [-0.1, -0.05) is 0 Å². The Balaban J connectivity index is 2.75. The van der Waals surface area contributed by atoms with Gasteiger partial charge < -0.3 is 9.30 Å². The number of benzene rings is 1. The van der Waals surface area contributed by atoms with E-state index in [0.717, 1.165) is 12.1 Å². The second kappa shape index (κ2) is 5.90. The lowest BCUT2D eigenvalue weighted by Gasteiger charge is -2.13. The molecule has 1 heterocycles. The summed E-state index contributed by atoms with van der Waals surface area (Å²) in [5.74, 6) is -1.42. The summed E-state index contributed by atoms with van der Waals surface area (Å²) in [5, 5.41) is 0. The summed E-state index contributed by atoms with van der Waals surface area (Å²) in [6, 6.07) is 5.29. The number of aromatic nitrogens is 1. The Morgan fingerprint density at radius 2 is 1.85 bits per heavy atom. The lowest BCUT2D eigenvalue weighted by Crippen LogP contribution is -2.23. The Hall–Kier alpha value is -1.44. The maximum absolute atomic E-state index is 14.1. The molecule has 0 spiro atoms. The Kier molecular flexibility index (Phi) is 4.42. The van der Waals surface area contributed by atoms with Crippen LogP contribution in [0.2, 0.25) is 0 Å². The molecule has 20 heavy (non-hydrogen) atoms. The SMILES string of the molecule is CCn1c(-c2c(F)cc(OC)cc2F)ccc(I)c1=O. The molecule has 0 fully saturated rings. The molecule has 0 atom stereocenters. The van der Waals surface area contributed by atoms with Gasteiger partial charge in [0.05, 0.1) is 21.9 Å². The van der Waals surface area contributed by atoms with Crippen molar-refractivity contribution in [2.45, 2.75) is 13.5 Å². The maximum Gasteiger partial charge on any atom is 0.264 e. The number of nitrogens with zero attached hydrogens (tertiary/aromatic N) is 1. The Morgan fingerprint density at radius 3 is 2.35 bits per heavy atom. The van der Waals surface area contributed by atoms with Gasteiger partial charge in [-0.25, -0.2) is 8.78 Å². The number of ether oxygens (including phenoxy) is 1. The standard InChI is InChI=1S/C14H12F2INO2/c1-3-18-12(5-4-11(17)14(18)19)13-9(15)6-8(20-2)7-10(13)16/h4-7H,3H2,1-2H3. The molecule has 1 aromatic heterocycles. The third kappa shape index (κ3) is 2.56. The molecular formula is C14H12F2INO2. The smallest absolute Gasteiger partial charge is 0.264 e. The van der Waals surface area contributed by atoms with Crippen LogP contribution in [0.5, 0.6) is 5.75 Å². The van der Waals surface area contributed by atoms with E-state index in [9.17, 15) is 13.6 Å². The van der Waals surface area contributed by atoms with E-state index in [1.54, 1.807) is 19.1 Å². The predicted octanol–water partition coefficient (Wildman–Crippen LogP) is 3.43. The molecule has 1 aromatic carbocycles. The predicted molar refractivity (Wildman–Crippen MR) is 81.0 cm³/mol. The van der Waals surface area contributed by atoms with Gasteiger partial charge in [0.2, 0.25) is 0 Å². The Labute approximate surface area is 128 Å². The fourth-order valence-electron chi connectivity index (χ4n) is 2.00. The van der Waals surface area contributed by atoms with Gasteiger partial charge in [-0.3, -0.25) is 4.79 Å². The fraction of sp³-hybridized carbons (Fsp3) is 0.214. The Morgan fingerprint density at radius 1 is 1.25 bits per heavy atom. The number of halogens is 3. The van der Waals surface area contributed by atoms with Crippen LogP contribution in [0.15, 0.2) is 29.1 Å². The highest BCUT2D eigenvalue weighted by molar-refractivity contribution is 14.1.